The van der Waals surface area contributed by atoms with Crippen LogP contribution in [0.1, 0.15) is 35.0 Å². The monoisotopic (exact) mass is 283 g/mol. The molecule has 2 heterocycles. The third-order valence-electron chi connectivity index (χ3n) is 3.14. The molecule has 0 bridgehead atoms. The van der Waals surface area contributed by atoms with Crippen LogP contribution in [-0.4, -0.2) is 47.7 Å². The van der Waals surface area contributed by atoms with Crippen molar-refractivity contribution in [2.45, 2.75) is 25.9 Å². The summed E-state index contributed by atoms with van der Waals surface area (Å²) in [7, 11) is 0. The Balaban J connectivity index is 2.15. The van der Waals surface area contributed by atoms with Gasteiger partial charge in [0.2, 0.25) is 0 Å². The van der Waals surface area contributed by atoms with Crippen molar-refractivity contribution in [3.63, 3.8) is 0 Å². The van der Waals surface area contributed by atoms with E-state index in [0.717, 1.165) is 5.56 Å². The molecule has 0 unspecified atom stereocenters. The number of carbonyl (C=O) groups is 2. The predicted molar refractivity (Wildman–Crippen MR) is 71.7 cm³/mol. The van der Waals surface area contributed by atoms with Gasteiger partial charge in [-0.25, -0.2) is 4.79 Å². The molecule has 1 aliphatic heterocycles. The van der Waals surface area contributed by atoms with Gasteiger partial charge in [-0.2, -0.15) is 0 Å². The van der Waals surface area contributed by atoms with E-state index in [-0.39, 0.29) is 25.0 Å². The second-order valence-corrected chi connectivity index (χ2v) is 5.72. The number of carbonyl (C=O) groups excluding carboxylic acids is 1. The summed E-state index contributed by atoms with van der Waals surface area (Å²) in [5, 5.41) is 10.9. The maximum Gasteiger partial charge on any atom is 0.334 e. The van der Waals surface area contributed by atoms with E-state index in [1.165, 1.54) is 11.3 Å². The first-order chi connectivity index (χ1) is 9.00. The Morgan fingerprint density at radius 1 is 1.53 bits per heavy atom. The van der Waals surface area contributed by atoms with Gasteiger partial charge in [-0.15, -0.1) is 11.3 Å². The molecule has 1 saturated heterocycles. The Kier molecular flexibility index (Phi) is 4.21. The second kappa shape index (κ2) is 5.71. The Morgan fingerprint density at radius 3 is 2.89 bits per heavy atom. The van der Waals surface area contributed by atoms with Crippen LogP contribution < -0.4 is 0 Å². The van der Waals surface area contributed by atoms with Crippen molar-refractivity contribution in [2.24, 2.45) is 0 Å². The molecular weight excluding hydrogens is 266 g/mol. The van der Waals surface area contributed by atoms with Crippen molar-refractivity contribution >= 4 is 23.2 Å². The molecule has 1 atom stereocenters. The topological polar surface area (TPSA) is 66.8 Å². The van der Waals surface area contributed by atoms with E-state index in [1.807, 2.05) is 25.3 Å². The van der Waals surface area contributed by atoms with Crippen molar-refractivity contribution in [1.82, 2.24) is 4.90 Å². The fourth-order valence-electron chi connectivity index (χ4n) is 2.07. The number of carboxylic acids is 1. The summed E-state index contributed by atoms with van der Waals surface area (Å²) in [4.78, 5) is 25.6. The molecule has 1 aromatic rings. The molecule has 1 aliphatic rings. The van der Waals surface area contributed by atoms with Gasteiger partial charge in [-0.1, -0.05) is 13.8 Å². The van der Waals surface area contributed by atoms with Gasteiger partial charge in [0.05, 0.1) is 18.0 Å². The summed E-state index contributed by atoms with van der Waals surface area (Å²) in [6.45, 7) is 4.91. The first kappa shape index (κ1) is 14.0. The van der Waals surface area contributed by atoms with Crippen LogP contribution in [0.25, 0.3) is 0 Å². The highest BCUT2D eigenvalue weighted by molar-refractivity contribution is 7.12. The average Bonchev–Trinajstić information content (AvgIpc) is 2.87. The quantitative estimate of drug-likeness (QED) is 0.918. The lowest BCUT2D eigenvalue weighted by molar-refractivity contribution is -0.154. The second-order valence-electron chi connectivity index (χ2n) is 4.81. The Morgan fingerprint density at radius 2 is 2.26 bits per heavy atom. The van der Waals surface area contributed by atoms with Crippen LogP contribution >= 0.6 is 11.3 Å². The van der Waals surface area contributed by atoms with Gasteiger partial charge in [-0.05, 0) is 22.9 Å². The van der Waals surface area contributed by atoms with Crippen LogP contribution in [-0.2, 0) is 9.53 Å². The standard InChI is InChI=1S/C13H17NO4S/c1-8(2)9-3-6-19-11(9)12(15)14-4-5-18-10(7-14)13(16)17/h3,6,8,10H,4-5,7H2,1-2H3,(H,16,17)/t10-/m0/s1. The molecule has 0 aromatic carbocycles. The summed E-state index contributed by atoms with van der Waals surface area (Å²) in [6.07, 6.45) is -0.917. The van der Waals surface area contributed by atoms with E-state index < -0.39 is 12.1 Å². The van der Waals surface area contributed by atoms with Crippen LogP contribution in [0.2, 0.25) is 0 Å². The predicted octanol–water partition coefficient (Wildman–Crippen LogP) is 1.80. The summed E-state index contributed by atoms with van der Waals surface area (Å²) in [5.41, 5.74) is 1.02. The van der Waals surface area contributed by atoms with Crippen molar-refractivity contribution in [3.8, 4) is 0 Å². The number of rotatable bonds is 3. The molecule has 19 heavy (non-hydrogen) atoms. The zero-order valence-electron chi connectivity index (χ0n) is 11.0. The molecule has 0 saturated carbocycles. The van der Waals surface area contributed by atoms with Gasteiger partial charge >= 0.3 is 5.97 Å². The Labute approximate surface area is 115 Å². The number of aliphatic carboxylic acids is 1. The fraction of sp³-hybridized carbons (Fsp3) is 0.538. The van der Waals surface area contributed by atoms with Crippen LogP contribution in [0.3, 0.4) is 0 Å². The number of thiophene rings is 1. The zero-order chi connectivity index (χ0) is 14.0. The highest BCUT2D eigenvalue weighted by Gasteiger charge is 2.30. The first-order valence-corrected chi connectivity index (χ1v) is 7.09. The lowest BCUT2D eigenvalue weighted by Gasteiger charge is -2.31. The molecule has 2 rings (SSSR count). The van der Waals surface area contributed by atoms with Gasteiger partial charge in [0.25, 0.3) is 5.91 Å². The van der Waals surface area contributed by atoms with Gasteiger partial charge in [0, 0.05) is 6.54 Å². The summed E-state index contributed by atoms with van der Waals surface area (Å²) >= 11 is 1.41. The van der Waals surface area contributed by atoms with Crippen LogP contribution in [0.5, 0.6) is 0 Å². The van der Waals surface area contributed by atoms with Crippen LogP contribution in [0.15, 0.2) is 11.4 Å². The Hall–Kier alpha value is -1.40. The molecule has 0 spiro atoms. The van der Waals surface area contributed by atoms with Crippen LogP contribution in [0.4, 0.5) is 0 Å². The minimum atomic E-state index is -1.02. The maximum atomic E-state index is 12.4. The van der Waals surface area contributed by atoms with Gasteiger partial charge < -0.3 is 14.7 Å². The lowest BCUT2D eigenvalue weighted by atomic mass is 10.0. The average molecular weight is 283 g/mol. The molecule has 0 radical (unpaired) electrons. The van der Waals surface area contributed by atoms with E-state index in [9.17, 15) is 9.59 Å². The van der Waals surface area contributed by atoms with Gasteiger partial charge in [0.15, 0.2) is 6.10 Å². The smallest absolute Gasteiger partial charge is 0.334 e. The lowest BCUT2D eigenvalue weighted by Crippen LogP contribution is -2.48. The van der Waals surface area contributed by atoms with Gasteiger partial charge in [-0.3, -0.25) is 4.79 Å². The summed E-state index contributed by atoms with van der Waals surface area (Å²) in [5.74, 6) is -0.831. The van der Waals surface area contributed by atoms with E-state index in [0.29, 0.717) is 11.4 Å². The van der Waals surface area contributed by atoms with Gasteiger partial charge in [0.1, 0.15) is 0 Å². The molecular formula is C13H17NO4S. The number of hydrogen-bond donors (Lipinski definition) is 1. The molecule has 1 aromatic heterocycles. The van der Waals surface area contributed by atoms with Crippen molar-refractivity contribution in [1.29, 1.82) is 0 Å². The van der Waals surface area contributed by atoms with Crippen molar-refractivity contribution in [2.75, 3.05) is 19.7 Å². The molecule has 0 aliphatic carbocycles. The molecule has 1 N–H and O–H groups in total. The normalized spacial score (nSPS) is 19.7. The molecule has 1 amide bonds. The highest BCUT2D eigenvalue weighted by atomic mass is 32.1. The van der Waals surface area contributed by atoms with E-state index in [2.05, 4.69) is 0 Å². The largest absolute Gasteiger partial charge is 0.479 e. The molecule has 5 nitrogen and oxygen atoms in total. The third-order valence-corrected chi connectivity index (χ3v) is 4.06. The minimum absolute atomic E-state index is 0.0896. The van der Waals surface area contributed by atoms with Crippen LogP contribution in [0, 0.1) is 0 Å². The fourth-order valence-corrected chi connectivity index (χ4v) is 3.09. The third kappa shape index (κ3) is 2.96. The Bertz CT molecular complexity index is 483. The maximum absolute atomic E-state index is 12.4. The minimum Gasteiger partial charge on any atom is -0.479 e. The van der Waals surface area contributed by atoms with E-state index >= 15 is 0 Å². The summed E-state index contributed by atoms with van der Waals surface area (Å²) in [6, 6.07) is 1.96. The highest BCUT2D eigenvalue weighted by Crippen LogP contribution is 2.26. The number of carboxylic acid groups (broad SMARTS) is 1. The van der Waals surface area contributed by atoms with Crippen molar-refractivity contribution in [3.05, 3.63) is 21.9 Å². The number of amides is 1. The SMILES string of the molecule is CC(C)c1ccsc1C(=O)N1CCO[C@H](C(=O)O)C1. The first-order valence-electron chi connectivity index (χ1n) is 6.21. The van der Waals surface area contributed by atoms with Crippen molar-refractivity contribution < 1.29 is 19.4 Å². The molecule has 104 valence electrons. The van der Waals surface area contributed by atoms with E-state index in [4.69, 9.17) is 9.84 Å². The molecule has 1 fully saturated rings. The summed E-state index contributed by atoms with van der Waals surface area (Å²) < 4.78 is 5.12. The number of ether oxygens (including phenoxy) is 1. The molecule has 6 heteroatoms. The zero-order valence-corrected chi connectivity index (χ0v) is 11.8. The number of morpholine rings is 1. The number of nitrogens with zero attached hydrogens (tertiary/aromatic N) is 1. The number of hydrogen-bond acceptors (Lipinski definition) is 4. The van der Waals surface area contributed by atoms with E-state index in [1.54, 1.807) is 4.90 Å².